The highest BCUT2D eigenvalue weighted by molar-refractivity contribution is 14.0. The van der Waals surface area contributed by atoms with Crippen molar-refractivity contribution >= 4 is 35.8 Å². The van der Waals surface area contributed by atoms with Crippen LogP contribution in [0.2, 0.25) is 0 Å². The van der Waals surface area contributed by atoms with E-state index >= 15 is 0 Å². The Labute approximate surface area is 193 Å². The molecule has 1 aliphatic heterocycles. The van der Waals surface area contributed by atoms with Crippen molar-refractivity contribution in [1.82, 2.24) is 15.6 Å². The van der Waals surface area contributed by atoms with Crippen LogP contribution in [0.5, 0.6) is 0 Å². The second kappa shape index (κ2) is 12.0. The van der Waals surface area contributed by atoms with Gasteiger partial charge in [-0.1, -0.05) is 12.1 Å². The number of pyridine rings is 1. The summed E-state index contributed by atoms with van der Waals surface area (Å²) >= 11 is 0. The number of guanidine groups is 1. The molecule has 9 heteroatoms. The predicted octanol–water partition coefficient (Wildman–Crippen LogP) is 3.50. The molecule has 1 saturated heterocycles. The first kappa shape index (κ1) is 24.3. The number of ether oxygens (including phenoxy) is 1. The SMILES string of the molecule is CCNC(=NCC(OC)c1ccc(F)cc1)NC1CCN(c2ncccc2F)C1.I. The van der Waals surface area contributed by atoms with Gasteiger partial charge in [-0.3, -0.25) is 4.99 Å². The van der Waals surface area contributed by atoms with Crippen LogP contribution >= 0.6 is 24.0 Å². The summed E-state index contributed by atoms with van der Waals surface area (Å²) in [4.78, 5) is 10.7. The zero-order valence-electron chi connectivity index (χ0n) is 17.1. The molecule has 30 heavy (non-hydrogen) atoms. The molecule has 1 fully saturated rings. The van der Waals surface area contributed by atoms with Crippen LogP contribution in [-0.4, -0.2) is 50.3 Å². The van der Waals surface area contributed by atoms with Gasteiger partial charge in [0.25, 0.3) is 0 Å². The zero-order chi connectivity index (χ0) is 20.6. The molecule has 0 aliphatic carbocycles. The molecule has 0 bridgehead atoms. The van der Waals surface area contributed by atoms with Crippen LogP contribution in [0.1, 0.15) is 25.0 Å². The van der Waals surface area contributed by atoms with Crippen molar-refractivity contribution in [3.8, 4) is 0 Å². The predicted molar refractivity (Wildman–Crippen MR) is 125 cm³/mol. The van der Waals surface area contributed by atoms with Gasteiger partial charge in [-0.15, -0.1) is 24.0 Å². The van der Waals surface area contributed by atoms with Crippen LogP contribution < -0.4 is 15.5 Å². The van der Waals surface area contributed by atoms with Gasteiger partial charge in [0.2, 0.25) is 0 Å². The number of hydrogen-bond acceptors (Lipinski definition) is 4. The molecule has 2 N–H and O–H groups in total. The number of hydrogen-bond donors (Lipinski definition) is 2. The van der Waals surface area contributed by atoms with Gasteiger partial charge in [0.1, 0.15) is 11.9 Å². The lowest BCUT2D eigenvalue weighted by atomic mass is 10.1. The van der Waals surface area contributed by atoms with Gasteiger partial charge in [0.05, 0.1) is 6.54 Å². The Morgan fingerprint density at radius 3 is 2.73 bits per heavy atom. The average Bonchev–Trinajstić information content (AvgIpc) is 3.18. The highest BCUT2D eigenvalue weighted by Gasteiger charge is 2.26. The van der Waals surface area contributed by atoms with Crippen LogP contribution in [0.3, 0.4) is 0 Å². The normalized spacial score (nSPS) is 17.4. The van der Waals surface area contributed by atoms with Gasteiger partial charge in [-0.25, -0.2) is 13.8 Å². The Morgan fingerprint density at radius 1 is 1.30 bits per heavy atom. The van der Waals surface area contributed by atoms with Crippen molar-refractivity contribution in [1.29, 1.82) is 0 Å². The van der Waals surface area contributed by atoms with Crippen molar-refractivity contribution in [2.45, 2.75) is 25.5 Å². The maximum Gasteiger partial charge on any atom is 0.191 e. The summed E-state index contributed by atoms with van der Waals surface area (Å²) in [5, 5.41) is 6.64. The summed E-state index contributed by atoms with van der Waals surface area (Å²) < 4.78 is 32.7. The van der Waals surface area contributed by atoms with Gasteiger partial charge in [0, 0.05) is 39.0 Å². The molecule has 3 rings (SSSR count). The van der Waals surface area contributed by atoms with Crippen molar-refractivity contribution in [2.75, 3.05) is 38.2 Å². The third kappa shape index (κ3) is 6.49. The monoisotopic (exact) mass is 531 g/mol. The number of nitrogens with one attached hydrogen (secondary N) is 2. The van der Waals surface area contributed by atoms with Gasteiger partial charge in [0.15, 0.2) is 17.6 Å². The number of aliphatic imine (C=N–C) groups is 1. The lowest BCUT2D eigenvalue weighted by molar-refractivity contribution is 0.111. The molecular formula is C21H28F2IN5O. The molecule has 2 atom stereocenters. The van der Waals surface area contributed by atoms with Crippen molar-refractivity contribution in [3.63, 3.8) is 0 Å². The van der Waals surface area contributed by atoms with Crippen LogP contribution in [0.25, 0.3) is 0 Å². The summed E-state index contributed by atoms with van der Waals surface area (Å²) in [7, 11) is 1.61. The largest absolute Gasteiger partial charge is 0.375 e. The van der Waals surface area contributed by atoms with Gasteiger partial charge < -0.3 is 20.3 Å². The minimum atomic E-state index is -0.309. The van der Waals surface area contributed by atoms with Crippen LogP contribution in [0.4, 0.5) is 14.6 Å². The number of anilines is 1. The summed E-state index contributed by atoms with van der Waals surface area (Å²) in [6.07, 6.45) is 2.19. The number of halogens is 3. The molecule has 2 unspecified atom stereocenters. The molecule has 2 heterocycles. The summed E-state index contributed by atoms with van der Waals surface area (Å²) in [6.45, 7) is 4.47. The number of methoxy groups -OCH3 is 1. The minimum Gasteiger partial charge on any atom is -0.375 e. The quantitative estimate of drug-likeness (QED) is 0.326. The average molecular weight is 531 g/mol. The molecule has 2 aromatic rings. The van der Waals surface area contributed by atoms with E-state index in [2.05, 4.69) is 20.6 Å². The maximum absolute atomic E-state index is 14.0. The van der Waals surface area contributed by atoms with E-state index in [0.717, 1.165) is 18.5 Å². The number of rotatable bonds is 7. The Bertz CT molecular complexity index is 821. The van der Waals surface area contributed by atoms with Gasteiger partial charge in [-0.05, 0) is 43.2 Å². The molecule has 1 aliphatic rings. The van der Waals surface area contributed by atoms with Crippen molar-refractivity contribution < 1.29 is 13.5 Å². The fraction of sp³-hybridized carbons (Fsp3) is 0.429. The number of aromatic nitrogens is 1. The zero-order valence-corrected chi connectivity index (χ0v) is 19.5. The Hall–Kier alpha value is -2.01. The van der Waals surface area contributed by atoms with E-state index in [9.17, 15) is 8.78 Å². The van der Waals surface area contributed by atoms with E-state index in [1.54, 1.807) is 31.5 Å². The fourth-order valence-corrected chi connectivity index (χ4v) is 3.36. The molecule has 0 spiro atoms. The van der Waals surface area contributed by atoms with Crippen LogP contribution in [-0.2, 0) is 4.74 Å². The van der Waals surface area contributed by atoms with Crippen LogP contribution in [0, 0.1) is 11.6 Å². The standard InChI is InChI=1S/C21H27F2N5O.HI/c1-3-24-21(26-13-19(29-2)15-6-8-16(22)9-7-15)27-17-10-12-28(14-17)20-18(23)5-4-11-25-20;/h4-9,11,17,19H,3,10,12-14H2,1-2H3,(H2,24,26,27);1H. The lowest BCUT2D eigenvalue weighted by Crippen LogP contribution is -2.45. The molecule has 0 amide bonds. The molecule has 6 nitrogen and oxygen atoms in total. The topological polar surface area (TPSA) is 61.8 Å². The molecule has 0 radical (unpaired) electrons. The van der Waals surface area contributed by atoms with Crippen molar-refractivity contribution in [2.24, 2.45) is 4.99 Å². The first-order valence-electron chi connectivity index (χ1n) is 9.79. The number of benzene rings is 1. The van der Waals surface area contributed by atoms with E-state index in [-0.39, 0.29) is 47.8 Å². The number of nitrogens with zero attached hydrogens (tertiary/aromatic N) is 3. The molecule has 164 valence electrons. The Morgan fingerprint density at radius 2 is 2.07 bits per heavy atom. The molecule has 1 aromatic heterocycles. The summed E-state index contributed by atoms with van der Waals surface area (Å²) in [5.74, 6) is 0.465. The molecule has 1 aromatic carbocycles. The minimum absolute atomic E-state index is 0. The second-order valence-electron chi connectivity index (χ2n) is 6.88. The highest BCUT2D eigenvalue weighted by atomic mass is 127. The summed E-state index contributed by atoms with van der Waals surface area (Å²) in [5.41, 5.74) is 0.867. The van der Waals surface area contributed by atoms with Crippen molar-refractivity contribution in [3.05, 3.63) is 59.8 Å². The van der Waals surface area contributed by atoms with E-state index in [1.807, 2.05) is 11.8 Å². The Kier molecular flexibility index (Phi) is 9.70. The van der Waals surface area contributed by atoms with Gasteiger partial charge in [-0.2, -0.15) is 0 Å². The van der Waals surface area contributed by atoms with E-state index in [1.165, 1.54) is 18.2 Å². The fourth-order valence-electron chi connectivity index (χ4n) is 3.36. The van der Waals surface area contributed by atoms with Gasteiger partial charge >= 0.3 is 0 Å². The van der Waals surface area contributed by atoms with Crippen LogP contribution in [0.15, 0.2) is 47.6 Å². The molecular weight excluding hydrogens is 503 g/mol. The Balaban J connectivity index is 0.00000320. The van der Waals surface area contributed by atoms with E-state index in [4.69, 9.17) is 4.74 Å². The maximum atomic E-state index is 14.0. The van der Waals surface area contributed by atoms with E-state index < -0.39 is 0 Å². The first-order valence-corrected chi connectivity index (χ1v) is 9.79. The van der Waals surface area contributed by atoms with E-state index in [0.29, 0.717) is 31.4 Å². The third-order valence-electron chi connectivity index (χ3n) is 4.85. The molecule has 0 saturated carbocycles. The smallest absolute Gasteiger partial charge is 0.191 e. The third-order valence-corrected chi connectivity index (χ3v) is 4.85. The lowest BCUT2D eigenvalue weighted by Gasteiger charge is -2.20. The second-order valence-corrected chi connectivity index (χ2v) is 6.88. The first-order chi connectivity index (χ1) is 14.1. The summed E-state index contributed by atoms with van der Waals surface area (Å²) in [6, 6.07) is 9.38. The highest BCUT2D eigenvalue weighted by Crippen LogP contribution is 2.21.